The largest absolute Gasteiger partial charge is 0.398 e. The molecular formula is C16H16FN3S. The van der Waals surface area contributed by atoms with Crippen LogP contribution in [0.2, 0.25) is 0 Å². The van der Waals surface area contributed by atoms with Gasteiger partial charge in [0, 0.05) is 28.7 Å². The predicted octanol–water partition coefficient (Wildman–Crippen LogP) is 4.19. The molecule has 108 valence electrons. The molecule has 0 radical (unpaired) electrons. The lowest BCUT2D eigenvalue weighted by Gasteiger charge is -2.12. The SMILES string of the molecule is CCc1ccsc1CNc1c(F)cc(N)c2cccnc12. The number of anilines is 2. The minimum atomic E-state index is -0.367. The van der Waals surface area contributed by atoms with Gasteiger partial charge in [0.1, 0.15) is 0 Å². The topological polar surface area (TPSA) is 50.9 Å². The second kappa shape index (κ2) is 5.69. The van der Waals surface area contributed by atoms with Gasteiger partial charge in [0.25, 0.3) is 0 Å². The molecule has 0 atom stereocenters. The van der Waals surface area contributed by atoms with Gasteiger partial charge in [-0.3, -0.25) is 4.98 Å². The highest BCUT2D eigenvalue weighted by Crippen LogP contribution is 2.30. The molecule has 3 aromatic rings. The van der Waals surface area contributed by atoms with Gasteiger partial charge in [-0.15, -0.1) is 11.3 Å². The van der Waals surface area contributed by atoms with Crippen LogP contribution in [0.1, 0.15) is 17.4 Å². The van der Waals surface area contributed by atoms with Gasteiger partial charge < -0.3 is 11.1 Å². The summed E-state index contributed by atoms with van der Waals surface area (Å²) in [5.74, 6) is -0.367. The van der Waals surface area contributed by atoms with E-state index in [9.17, 15) is 4.39 Å². The van der Waals surface area contributed by atoms with E-state index in [4.69, 9.17) is 5.73 Å². The van der Waals surface area contributed by atoms with E-state index < -0.39 is 0 Å². The van der Waals surface area contributed by atoms with E-state index >= 15 is 0 Å². The Kier molecular flexibility index (Phi) is 3.75. The number of halogens is 1. The molecule has 0 saturated heterocycles. The zero-order valence-corrected chi connectivity index (χ0v) is 12.5. The van der Waals surface area contributed by atoms with E-state index in [1.165, 1.54) is 16.5 Å². The molecule has 0 saturated carbocycles. The maximum Gasteiger partial charge on any atom is 0.150 e. The third-order valence-corrected chi connectivity index (χ3v) is 4.48. The van der Waals surface area contributed by atoms with Crippen molar-refractivity contribution in [1.82, 2.24) is 4.98 Å². The molecule has 3 rings (SSSR count). The summed E-state index contributed by atoms with van der Waals surface area (Å²) in [6, 6.07) is 7.11. The molecule has 1 aromatic carbocycles. The zero-order valence-electron chi connectivity index (χ0n) is 11.7. The van der Waals surface area contributed by atoms with Crippen LogP contribution in [0.5, 0.6) is 0 Å². The third kappa shape index (κ3) is 2.56. The molecule has 0 aliphatic heterocycles. The number of rotatable bonds is 4. The molecule has 3 N–H and O–H groups in total. The van der Waals surface area contributed by atoms with E-state index in [2.05, 4.69) is 28.7 Å². The fourth-order valence-corrected chi connectivity index (χ4v) is 3.33. The van der Waals surface area contributed by atoms with Crippen LogP contribution in [0.4, 0.5) is 15.8 Å². The molecule has 2 heterocycles. The number of aryl methyl sites for hydroxylation is 1. The van der Waals surface area contributed by atoms with E-state index in [-0.39, 0.29) is 5.82 Å². The van der Waals surface area contributed by atoms with Crippen molar-refractivity contribution in [1.29, 1.82) is 0 Å². The second-order valence-electron chi connectivity index (χ2n) is 4.80. The first kappa shape index (κ1) is 13.8. The minimum Gasteiger partial charge on any atom is -0.398 e. The quantitative estimate of drug-likeness (QED) is 0.710. The number of nitrogens with zero attached hydrogens (tertiary/aromatic N) is 1. The number of benzene rings is 1. The fourth-order valence-electron chi connectivity index (χ4n) is 2.41. The van der Waals surface area contributed by atoms with Crippen molar-refractivity contribution >= 4 is 33.6 Å². The molecule has 21 heavy (non-hydrogen) atoms. The predicted molar refractivity (Wildman–Crippen MR) is 87.1 cm³/mol. The summed E-state index contributed by atoms with van der Waals surface area (Å²) >= 11 is 1.68. The number of pyridine rings is 1. The van der Waals surface area contributed by atoms with E-state index in [0.29, 0.717) is 23.4 Å². The van der Waals surface area contributed by atoms with E-state index in [0.717, 1.165) is 11.8 Å². The number of fused-ring (bicyclic) bond motifs is 1. The van der Waals surface area contributed by atoms with Crippen LogP contribution in [0.25, 0.3) is 10.9 Å². The van der Waals surface area contributed by atoms with Gasteiger partial charge in [-0.2, -0.15) is 0 Å². The smallest absolute Gasteiger partial charge is 0.150 e. The first-order chi connectivity index (χ1) is 10.2. The Labute approximate surface area is 126 Å². The number of hydrogen-bond donors (Lipinski definition) is 2. The van der Waals surface area contributed by atoms with Gasteiger partial charge >= 0.3 is 0 Å². The lowest BCUT2D eigenvalue weighted by atomic mass is 10.1. The number of hydrogen-bond acceptors (Lipinski definition) is 4. The van der Waals surface area contributed by atoms with Crippen molar-refractivity contribution < 1.29 is 4.39 Å². The van der Waals surface area contributed by atoms with Crippen molar-refractivity contribution in [2.24, 2.45) is 0 Å². The number of nitrogens with one attached hydrogen (secondary N) is 1. The Morgan fingerprint density at radius 1 is 1.38 bits per heavy atom. The molecule has 0 bridgehead atoms. The van der Waals surface area contributed by atoms with Crippen LogP contribution < -0.4 is 11.1 Å². The van der Waals surface area contributed by atoms with Gasteiger partial charge in [0.15, 0.2) is 5.82 Å². The summed E-state index contributed by atoms with van der Waals surface area (Å²) < 4.78 is 14.2. The molecule has 5 heteroatoms. The summed E-state index contributed by atoms with van der Waals surface area (Å²) in [6.45, 7) is 2.71. The average Bonchev–Trinajstić information content (AvgIpc) is 2.94. The Balaban J connectivity index is 1.97. The lowest BCUT2D eigenvalue weighted by molar-refractivity contribution is 0.632. The highest BCUT2D eigenvalue weighted by molar-refractivity contribution is 7.10. The van der Waals surface area contributed by atoms with Crippen LogP contribution in [-0.2, 0) is 13.0 Å². The van der Waals surface area contributed by atoms with Crippen LogP contribution in [-0.4, -0.2) is 4.98 Å². The van der Waals surface area contributed by atoms with Gasteiger partial charge in [-0.25, -0.2) is 4.39 Å². The molecule has 2 aromatic heterocycles. The number of nitrogen functional groups attached to an aromatic ring is 1. The van der Waals surface area contributed by atoms with Crippen molar-refractivity contribution in [2.75, 3.05) is 11.1 Å². The standard InChI is InChI=1S/C16H16FN3S/c1-2-10-5-7-21-14(10)9-20-16-12(17)8-13(18)11-4-3-6-19-15(11)16/h3-8,20H,2,9,18H2,1H3. The maximum absolute atomic E-state index is 14.2. The van der Waals surface area contributed by atoms with Gasteiger partial charge in [-0.1, -0.05) is 6.92 Å². The van der Waals surface area contributed by atoms with Crippen LogP contribution in [0, 0.1) is 5.82 Å². The monoisotopic (exact) mass is 301 g/mol. The summed E-state index contributed by atoms with van der Waals surface area (Å²) in [5, 5.41) is 6.01. The summed E-state index contributed by atoms with van der Waals surface area (Å²) in [5.41, 5.74) is 8.54. The summed E-state index contributed by atoms with van der Waals surface area (Å²) in [6.07, 6.45) is 2.62. The van der Waals surface area contributed by atoms with E-state index in [1.807, 2.05) is 6.07 Å². The molecule has 3 nitrogen and oxygen atoms in total. The Morgan fingerprint density at radius 2 is 2.24 bits per heavy atom. The normalized spacial score (nSPS) is 11.0. The summed E-state index contributed by atoms with van der Waals surface area (Å²) in [4.78, 5) is 5.49. The second-order valence-corrected chi connectivity index (χ2v) is 5.80. The highest BCUT2D eigenvalue weighted by atomic mass is 32.1. The Bertz CT molecular complexity index is 782. The van der Waals surface area contributed by atoms with Crippen molar-refractivity contribution in [3.63, 3.8) is 0 Å². The van der Waals surface area contributed by atoms with Crippen molar-refractivity contribution in [2.45, 2.75) is 19.9 Å². The average molecular weight is 301 g/mol. The molecule has 0 unspecified atom stereocenters. The minimum absolute atomic E-state index is 0.367. The molecular weight excluding hydrogens is 285 g/mol. The molecule has 0 fully saturated rings. The number of thiophene rings is 1. The third-order valence-electron chi connectivity index (χ3n) is 3.52. The highest BCUT2D eigenvalue weighted by Gasteiger charge is 2.12. The summed E-state index contributed by atoms with van der Waals surface area (Å²) in [7, 11) is 0. The number of aromatic nitrogens is 1. The molecule has 0 amide bonds. The number of nitrogens with two attached hydrogens (primary N) is 1. The molecule has 0 aliphatic rings. The van der Waals surface area contributed by atoms with Gasteiger partial charge in [0.05, 0.1) is 11.2 Å². The Morgan fingerprint density at radius 3 is 3.05 bits per heavy atom. The first-order valence-electron chi connectivity index (χ1n) is 6.82. The molecule has 0 aliphatic carbocycles. The fraction of sp³-hybridized carbons (Fsp3) is 0.188. The Hall–Kier alpha value is -2.14. The molecule has 0 spiro atoms. The lowest BCUT2D eigenvalue weighted by Crippen LogP contribution is -2.04. The zero-order chi connectivity index (χ0) is 14.8. The van der Waals surface area contributed by atoms with E-state index in [1.54, 1.807) is 23.6 Å². The van der Waals surface area contributed by atoms with Crippen LogP contribution in [0.3, 0.4) is 0 Å². The van der Waals surface area contributed by atoms with Crippen LogP contribution >= 0.6 is 11.3 Å². The maximum atomic E-state index is 14.2. The van der Waals surface area contributed by atoms with Crippen molar-refractivity contribution in [3.8, 4) is 0 Å². The van der Waals surface area contributed by atoms with Gasteiger partial charge in [-0.05, 0) is 41.6 Å². The van der Waals surface area contributed by atoms with Gasteiger partial charge in [0.2, 0.25) is 0 Å². The van der Waals surface area contributed by atoms with Crippen LogP contribution in [0.15, 0.2) is 35.8 Å². The van der Waals surface area contributed by atoms with Crippen molar-refractivity contribution in [3.05, 3.63) is 52.1 Å². The first-order valence-corrected chi connectivity index (χ1v) is 7.70.